The lowest BCUT2D eigenvalue weighted by Crippen LogP contribution is -2.39. The van der Waals surface area contributed by atoms with E-state index in [0.29, 0.717) is 5.75 Å². The van der Waals surface area contributed by atoms with E-state index in [1.807, 2.05) is 0 Å². The summed E-state index contributed by atoms with van der Waals surface area (Å²) in [7, 11) is 1.46. The molecular weight excluding hydrogens is 261 g/mol. The second-order valence-corrected chi connectivity index (χ2v) is 4.97. The van der Waals surface area contributed by atoms with E-state index in [-0.39, 0.29) is 17.3 Å². The molecule has 0 aliphatic carbocycles. The molecule has 1 aliphatic rings. The smallest absolute Gasteiger partial charge is 0.244 e. The van der Waals surface area contributed by atoms with Crippen LogP contribution < -0.4 is 15.8 Å². The minimum atomic E-state index is -0.496. The van der Waals surface area contributed by atoms with Gasteiger partial charge in [-0.15, -0.1) is 0 Å². The fourth-order valence-corrected chi connectivity index (χ4v) is 2.36. The number of nitrogen functional groups attached to an aromatic ring is 1. The molecular formula is C14H20FN3O2. The maximum absolute atomic E-state index is 13.8. The lowest BCUT2D eigenvalue weighted by molar-refractivity contribution is -0.130. The van der Waals surface area contributed by atoms with Crippen LogP contribution >= 0.6 is 0 Å². The van der Waals surface area contributed by atoms with Gasteiger partial charge in [0.25, 0.3) is 0 Å². The predicted octanol–water partition coefficient (Wildman–Crippen LogP) is 1.84. The number of rotatable bonds is 4. The van der Waals surface area contributed by atoms with Crippen molar-refractivity contribution in [2.45, 2.75) is 25.8 Å². The van der Waals surface area contributed by atoms with Crippen LogP contribution in [0.15, 0.2) is 12.1 Å². The largest absolute Gasteiger partial charge is 0.495 e. The lowest BCUT2D eigenvalue weighted by Gasteiger charge is -2.22. The first kappa shape index (κ1) is 14.4. The molecule has 1 saturated heterocycles. The molecule has 0 spiro atoms. The number of nitrogens with one attached hydrogen (secondary N) is 1. The summed E-state index contributed by atoms with van der Waals surface area (Å²) >= 11 is 0. The van der Waals surface area contributed by atoms with Gasteiger partial charge in [-0.1, -0.05) is 0 Å². The highest BCUT2D eigenvalue weighted by molar-refractivity contribution is 5.84. The number of carbonyl (C=O) groups excluding carboxylic acids is 1. The van der Waals surface area contributed by atoms with Crippen LogP contribution in [0.4, 0.5) is 15.8 Å². The third-order valence-electron chi connectivity index (χ3n) is 3.48. The molecule has 0 aromatic heterocycles. The van der Waals surface area contributed by atoms with Crippen molar-refractivity contribution in [2.75, 3.05) is 31.2 Å². The molecule has 1 unspecified atom stereocenters. The molecule has 1 heterocycles. The third kappa shape index (κ3) is 2.95. The van der Waals surface area contributed by atoms with Crippen molar-refractivity contribution in [1.82, 2.24) is 4.90 Å². The van der Waals surface area contributed by atoms with E-state index in [1.165, 1.54) is 19.2 Å². The maximum Gasteiger partial charge on any atom is 0.244 e. The number of nitrogens with two attached hydrogens (primary N) is 1. The molecule has 3 N–H and O–H groups in total. The van der Waals surface area contributed by atoms with Crippen molar-refractivity contribution < 1.29 is 13.9 Å². The fourth-order valence-electron chi connectivity index (χ4n) is 2.36. The molecule has 1 atom stereocenters. The summed E-state index contributed by atoms with van der Waals surface area (Å²) in [4.78, 5) is 14.0. The first-order valence-electron chi connectivity index (χ1n) is 6.71. The Morgan fingerprint density at radius 1 is 1.45 bits per heavy atom. The Balaban J connectivity index is 2.10. The normalized spacial score (nSPS) is 16.1. The van der Waals surface area contributed by atoms with Crippen LogP contribution in [-0.4, -0.2) is 37.0 Å². The zero-order valence-corrected chi connectivity index (χ0v) is 11.8. The van der Waals surface area contributed by atoms with Crippen molar-refractivity contribution in [3.8, 4) is 5.75 Å². The molecule has 5 nitrogen and oxygen atoms in total. The van der Waals surface area contributed by atoms with E-state index < -0.39 is 11.9 Å². The molecule has 1 amide bonds. The van der Waals surface area contributed by atoms with Crippen molar-refractivity contribution in [1.29, 1.82) is 0 Å². The summed E-state index contributed by atoms with van der Waals surface area (Å²) in [5, 5.41) is 2.89. The average Bonchev–Trinajstić information content (AvgIpc) is 2.94. The van der Waals surface area contributed by atoms with E-state index in [2.05, 4.69) is 5.32 Å². The summed E-state index contributed by atoms with van der Waals surface area (Å²) in [6.45, 7) is 3.28. The maximum atomic E-state index is 13.8. The molecule has 2 rings (SSSR count). The Bertz CT molecular complexity index is 501. The lowest BCUT2D eigenvalue weighted by atomic mass is 10.2. The number of amides is 1. The summed E-state index contributed by atoms with van der Waals surface area (Å²) in [6, 6.07) is 2.17. The van der Waals surface area contributed by atoms with Crippen LogP contribution in [0, 0.1) is 5.82 Å². The Kier molecular flexibility index (Phi) is 4.32. The van der Waals surface area contributed by atoms with Crippen molar-refractivity contribution in [2.24, 2.45) is 0 Å². The number of anilines is 2. The first-order valence-corrected chi connectivity index (χ1v) is 6.71. The second-order valence-electron chi connectivity index (χ2n) is 4.97. The number of benzene rings is 1. The predicted molar refractivity (Wildman–Crippen MR) is 76.3 cm³/mol. The van der Waals surface area contributed by atoms with E-state index in [1.54, 1.807) is 11.8 Å². The SMILES string of the molecule is COc1cc(NC(C)C(=O)N2CCCC2)c(F)cc1N. The molecule has 0 bridgehead atoms. The van der Waals surface area contributed by atoms with E-state index in [9.17, 15) is 9.18 Å². The van der Waals surface area contributed by atoms with Crippen LogP contribution in [0.3, 0.4) is 0 Å². The summed E-state index contributed by atoms with van der Waals surface area (Å²) in [5.41, 5.74) is 6.07. The number of ether oxygens (including phenoxy) is 1. The van der Waals surface area contributed by atoms with Gasteiger partial charge in [0.05, 0.1) is 18.5 Å². The molecule has 1 aliphatic heterocycles. The zero-order chi connectivity index (χ0) is 14.7. The second kappa shape index (κ2) is 5.98. The van der Waals surface area contributed by atoms with Gasteiger partial charge < -0.3 is 20.7 Å². The van der Waals surface area contributed by atoms with Crippen molar-refractivity contribution in [3.05, 3.63) is 17.9 Å². The molecule has 0 saturated carbocycles. The molecule has 1 fully saturated rings. The van der Waals surface area contributed by atoms with Crippen LogP contribution in [0.5, 0.6) is 5.75 Å². The standard InChI is InChI=1S/C14H20FN3O2/c1-9(14(19)18-5-3-4-6-18)17-12-8-13(20-2)11(16)7-10(12)15/h7-9,17H,3-6,16H2,1-2H3. The number of nitrogens with zero attached hydrogens (tertiary/aromatic N) is 1. The van der Waals surface area contributed by atoms with Gasteiger partial charge in [-0.25, -0.2) is 4.39 Å². The van der Waals surface area contributed by atoms with E-state index >= 15 is 0 Å². The van der Waals surface area contributed by atoms with Gasteiger partial charge in [-0.3, -0.25) is 4.79 Å². The van der Waals surface area contributed by atoms with Crippen molar-refractivity contribution in [3.63, 3.8) is 0 Å². The van der Waals surface area contributed by atoms with Crippen LogP contribution in [0.2, 0.25) is 0 Å². The Morgan fingerprint density at radius 3 is 2.70 bits per heavy atom. The van der Waals surface area contributed by atoms with Gasteiger partial charge in [0, 0.05) is 25.2 Å². The monoisotopic (exact) mass is 281 g/mol. The molecule has 110 valence electrons. The van der Waals surface area contributed by atoms with E-state index in [4.69, 9.17) is 10.5 Å². The summed E-state index contributed by atoms with van der Waals surface area (Å²) in [5.74, 6) is -0.128. The molecule has 0 radical (unpaired) electrons. The number of hydrogen-bond donors (Lipinski definition) is 2. The number of likely N-dealkylation sites (tertiary alicyclic amines) is 1. The zero-order valence-electron chi connectivity index (χ0n) is 11.8. The average molecular weight is 281 g/mol. The summed E-state index contributed by atoms with van der Waals surface area (Å²) < 4.78 is 18.9. The van der Waals surface area contributed by atoms with Gasteiger partial charge in [0.2, 0.25) is 5.91 Å². The minimum Gasteiger partial charge on any atom is -0.495 e. The number of methoxy groups -OCH3 is 1. The Labute approximate surface area is 117 Å². The molecule has 20 heavy (non-hydrogen) atoms. The highest BCUT2D eigenvalue weighted by Gasteiger charge is 2.24. The molecule has 6 heteroatoms. The quantitative estimate of drug-likeness (QED) is 0.826. The van der Waals surface area contributed by atoms with Gasteiger partial charge in [0.15, 0.2) is 0 Å². The van der Waals surface area contributed by atoms with Gasteiger partial charge in [0.1, 0.15) is 17.6 Å². The Hall–Kier alpha value is -1.98. The highest BCUT2D eigenvalue weighted by atomic mass is 19.1. The fraction of sp³-hybridized carbons (Fsp3) is 0.500. The van der Waals surface area contributed by atoms with Crippen LogP contribution in [-0.2, 0) is 4.79 Å². The van der Waals surface area contributed by atoms with Gasteiger partial charge in [-0.05, 0) is 19.8 Å². The van der Waals surface area contributed by atoms with Gasteiger partial charge >= 0.3 is 0 Å². The summed E-state index contributed by atoms with van der Waals surface area (Å²) in [6.07, 6.45) is 2.06. The number of carbonyl (C=O) groups is 1. The minimum absolute atomic E-state index is 0.0160. The number of hydrogen-bond acceptors (Lipinski definition) is 4. The van der Waals surface area contributed by atoms with E-state index in [0.717, 1.165) is 25.9 Å². The molecule has 1 aromatic rings. The van der Waals surface area contributed by atoms with Crippen LogP contribution in [0.25, 0.3) is 0 Å². The third-order valence-corrected chi connectivity index (χ3v) is 3.48. The highest BCUT2D eigenvalue weighted by Crippen LogP contribution is 2.28. The topological polar surface area (TPSA) is 67.6 Å². The Morgan fingerprint density at radius 2 is 2.10 bits per heavy atom. The first-order chi connectivity index (χ1) is 9.52. The van der Waals surface area contributed by atoms with Crippen molar-refractivity contribution >= 4 is 17.3 Å². The van der Waals surface area contributed by atoms with Gasteiger partial charge in [-0.2, -0.15) is 0 Å². The van der Waals surface area contributed by atoms with Crippen LogP contribution in [0.1, 0.15) is 19.8 Å². The number of halogens is 1. The molecule has 1 aromatic carbocycles.